The van der Waals surface area contributed by atoms with Gasteiger partial charge < -0.3 is 9.88 Å². The molecule has 1 aliphatic heterocycles. The van der Waals surface area contributed by atoms with E-state index in [1.54, 1.807) is 13.1 Å². The Morgan fingerprint density at radius 3 is 2.74 bits per heavy atom. The number of benzene rings is 1. The first-order chi connectivity index (χ1) is 12.7. The predicted octanol–water partition coefficient (Wildman–Crippen LogP) is 3.60. The average Bonchev–Trinajstić information content (AvgIpc) is 3.00. The average molecular weight is 458 g/mol. The first-order valence-electron chi connectivity index (χ1n) is 8.61. The summed E-state index contributed by atoms with van der Waals surface area (Å²) >= 11 is 3.16. The van der Waals surface area contributed by atoms with Crippen LogP contribution in [0, 0.1) is 11.7 Å². The Hall–Kier alpha value is -1.71. The second kappa shape index (κ2) is 7.73. The summed E-state index contributed by atoms with van der Waals surface area (Å²) in [7, 11) is -2.08. The summed E-state index contributed by atoms with van der Waals surface area (Å²) < 4.78 is 43.2. The summed E-state index contributed by atoms with van der Waals surface area (Å²) in [6.45, 7) is 2.98. The topological polar surface area (TPSA) is 71.4 Å². The molecule has 1 aromatic heterocycles. The number of amides is 1. The van der Waals surface area contributed by atoms with E-state index in [9.17, 15) is 17.6 Å². The van der Waals surface area contributed by atoms with Crippen LogP contribution in [0.15, 0.2) is 39.8 Å². The van der Waals surface area contributed by atoms with Crippen LogP contribution in [0.2, 0.25) is 0 Å². The highest BCUT2D eigenvalue weighted by molar-refractivity contribution is 9.10. The Morgan fingerprint density at radius 1 is 1.33 bits per heavy atom. The zero-order valence-corrected chi connectivity index (χ0v) is 17.5. The summed E-state index contributed by atoms with van der Waals surface area (Å²) in [5, 5.41) is 2.48. The van der Waals surface area contributed by atoms with Gasteiger partial charge in [0.05, 0.1) is 5.69 Å². The molecule has 0 radical (unpaired) electrons. The fourth-order valence-electron chi connectivity index (χ4n) is 3.19. The van der Waals surface area contributed by atoms with Crippen molar-refractivity contribution in [3.8, 4) is 0 Å². The third-order valence-electron chi connectivity index (χ3n) is 4.65. The van der Waals surface area contributed by atoms with Crippen LogP contribution in [0.1, 0.15) is 30.3 Å². The molecule has 3 rings (SSSR count). The van der Waals surface area contributed by atoms with Crippen LogP contribution in [-0.2, 0) is 17.1 Å². The SMILES string of the molecule is C[C@@H]1CCCN(S(=O)(=O)c2cc(C(=O)Nc3ccc(Br)cc3F)n(C)c2)C1. The number of carbonyl (C=O) groups excluding carboxylic acids is 1. The quantitative estimate of drug-likeness (QED) is 0.761. The van der Waals surface area contributed by atoms with E-state index in [-0.39, 0.29) is 16.3 Å². The Kier molecular flexibility index (Phi) is 5.73. The van der Waals surface area contributed by atoms with E-state index in [1.807, 2.05) is 6.92 Å². The monoisotopic (exact) mass is 457 g/mol. The molecule has 1 N–H and O–H groups in total. The molecule has 0 spiro atoms. The van der Waals surface area contributed by atoms with Crippen molar-refractivity contribution in [3.05, 3.63) is 46.4 Å². The second-order valence-corrected chi connectivity index (χ2v) is 9.71. The number of hydrogen-bond donors (Lipinski definition) is 1. The van der Waals surface area contributed by atoms with Crippen molar-refractivity contribution in [1.29, 1.82) is 0 Å². The van der Waals surface area contributed by atoms with Gasteiger partial charge in [0.15, 0.2) is 0 Å². The lowest BCUT2D eigenvalue weighted by molar-refractivity contribution is 0.101. The van der Waals surface area contributed by atoms with Crippen LogP contribution in [0.3, 0.4) is 0 Å². The number of aromatic nitrogens is 1. The van der Waals surface area contributed by atoms with Gasteiger partial charge in [0.1, 0.15) is 16.4 Å². The van der Waals surface area contributed by atoms with Gasteiger partial charge in [-0.15, -0.1) is 0 Å². The number of nitrogens with one attached hydrogen (secondary N) is 1. The molecule has 2 heterocycles. The summed E-state index contributed by atoms with van der Waals surface area (Å²) in [5.74, 6) is -0.852. The Labute approximate surface area is 166 Å². The fourth-order valence-corrected chi connectivity index (χ4v) is 5.20. The fraction of sp³-hybridized carbons (Fsp3) is 0.389. The van der Waals surface area contributed by atoms with Crippen molar-refractivity contribution in [2.45, 2.75) is 24.7 Å². The van der Waals surface area contributed by atoms with Crippen LogP contribution < -0.4 is 5.32 Å². The van der Waals surface area contributed by atoms with E-state index in [0.717, 1.165) is 12.8 Å². The number of hydrogen-bond acceptors (Lipinski definition) is 3. The molecule has 1 amide bonds. The second-order valence-electron chi connectivity index (χ2n) is 6.86. The van der Waals surface area contributed by atoms with Gasteiger partial charge in [0, 0.05) is 30.8 Å². The Bertz CT molecular complexity index is 974. The van der Waals surface area contributed by atoms with Crippen molar-refractivity contribution >= 4 is 37.5 Å². The minimum absolute atomic E-state index is 0.0265. The van der Waals surface area contributed by atoms with Gasteiger partial charge in [-0.1, -0.05) is 22.9 Å². The standard InChI is InChI=1S/C18H21BrFN3O3S/c1-12-4-3-7-23(10-12)27(25,26)14-9-17(22(2)11-14)18(24)21-16-6-5-13(19)8-15(16)20/h5-6,8-9,11-12H,3-4,7,10H2,1-2H3,(H,21,24)/t12-/m1/s1. The summed E-state index contributed by atoms with van der Waals surface area (Å²) in [6.07, 6.45) is 3.25. The van der Waals surface area contributed by atoms with Gasteiger partial charge in [0.2, 0.25) is 10.0 Å². The molecular weight excluding hydrogens is 437 g/mol. The smallest absolute Gasteiger partial charge is 0.272 e. The molecule has 146 valence electrons. The van der Waals surface area contributed by atoms with Crippen LogP contribution in [-0.4, -0.2) is 36.3 Å². The lowest BCUT2D eigenvalue weighted by atomic mass is 10.0. The Balaban J connectivity index is 1.84. The van der Waals surface area contributed by atoms with Crippen molar-refractivity contribution in [2.75, 3.05) is 18.4 Å². The third-order valence-corrected chi connectivity index (χ3v) is 6.97. The lowest BCUT2D eigenvalue weighted by Crippen LogP contribution is -2.38. The van der Waals surface area contributed by atoms with E-state index in [0.29, 0.717) is 23.5 Å². The molecule has 1 saturated heterocycles. The van der Waals surface area contributed by atoms with E-state index >= 15 is 0 Å². The maximum atomic E-state index is 13.9. The number of sulfonamides is 1. The lowest BCUT2D eigenvalue weighted by Gasteiger charge is -2.29. The van der Waals surface area contributed by atoms with E-state index in [4.69, 9.17) is 0 Å². The molecule has 0 saturated carbocycles. The number of rotatable bonds is 4. The number of piperidine rings is 1. The first kappa shape index (κ1) is 20.0. The molecule has 1 fully saturated rings. The van der Waals surface area contributed by atoms with Gasteiger partial charge in [-0.2, -0.15) is 4.31 Å². The maximum Gasteiger partial charge on any atom is 0.272 e. The molecule has 1 atom stereocenters. The largest absolute Gasteiger partial charge is 0.345 e. The van der Waals surface area contributed by atoms with Gasteiger partial charge in [-0.25, -0.2) is 12.8 Å². The Morgan fingerprint density at radius 2 is 2.07 bits per heavy atom. The number of halogens is 2. The van der Waals surface area contributed by atoms with Crippen molar-refractivity contribution in [1.82, 2.24) is 8.87 Å². The molecule has 27 heavy (non-hydrogen) atoms. The number of aryl methyl sites for hydroxylation is 1. The highest BCUT2D eigenvalue weighted by Gasteiger charge is 2.30. The van der Waals surface area contributed by atoms with Gasteiger partial charge in [0.25, 0.3) is 5.91 Å². The molecule has 0 aliphatic carbocycles. The highest BCUT2D eigenvalue weighted by Crippen LogP contribution is 2.25. The zero-order chi connectivity index (χ0) is 19.8. The minimum atomic E-state index is -3.66. The van der Waals surface area contributed by atoms with Crippen molar-refractivity contribution in [3.63, 3.8) is 0 Å². The zero-order valence-electron chi connectivity index (χ0n) is 15.1. The molecule has 0 unspecified atom stereocenters. The molecule has 0 bridgehead atoms. The number of anilines is 1. The third kappa shape index (κ3) is 4.25. The summed E-state index contributed by atoms with van der Waals surface area (Å²) in [5.41, 5.74) is 0.166. The highest BCUT2D eigenvalue weighted by atomic mass is 79.9. The van der Waals surface area contributed by atoms with E-state index in [1.165, 1.54) is 33.3 Å². The molecule has 6 nitrogen and oxygen atoms in total. The molecular formula is C18H21BrFN3O3S. The van der Waals surface area contributed by atoms with E-state index < -0.39 is 21.7 Å². The van der Waals surface area contributed by atoms with Crippen LogP contribution >= 0.6 is 15.9 Å². The maximum absolute atomic E-state index is 13.9. The van der Waals surface area contributed by atoms with Gasteiger partial charge >= 0.3 is 0 Å². The van der Waals surface area contributed by atoms with Crippen LogP contribution in [0.4, 0.5) is 10.1 Å². The van der Waals surface area contributed by atoms with Crippen molar-refractivity contribution in [2.24, 2.45) is 13.0 Å². The number of nitrogens with zero attached hydrogens (tertiary/aromatic N) is 2. The molecule has 1 aromatic carbocycles. The summed E-state index contributed by atoms with van der Waals surface area (Å²) in [4.78, 5) is 12.6. The predicted molar refractivity (Wildman–Crippen MR) is 105 cm³/mol. The minimum Gasteiger partial charge on any atom is -0.345 e. The molecule has 1 aliphatic rings. The van der Waals surface area contributed by atoms with Crippen LogP contribution in [0.25, 0.3) is 0 Å². The van der Waals surface area contributed by atoms with Crippen LogP contribution in [0.5, 0.6) is 0 Å². The normalized spacial score (nSPS) is 18.4. The number of carbonyl (C=O) groups is 1. The van der Waals surface area contributed by atoms with Crippen molar-refractivity contribution < 1.29 is 17.6 Å². The van der Waals surface area contributed by atoms with Gasteiger partial charge in [-0.3, -0.25) is 4.79 Å². The summed E-state index contributed by atoms with van der Waals surface area (Å²) in [6, 6.07) is 5.62. The first-order valence-corrected chi connectivity index (χ1v) is 10.8. The molecule has 2 aromatic rings. The van der Waals surface area contributed by atoms with Gasteiger partial charge in [-0.05, 0) is 43.0 Å². The van der Waals surface area contributed by atoms with E-state index in [2.05, 4.69) is 21.2 Å². The molecule has 9 heteroatoms.